The summed E-state index contributed by atoms with van der Waals surface area (Å²) in [7, 11) is -3.27. The van der Waals surface area contributed by atoms with E-state index in [9.17, 15) is 12.8 Å². The van der Waals surface area contributed by atoms with Gasteiger partial charge < -0.3 is 4.90 Å². The molecule has 0 radical (unpaired) electrons. The smallest absolute Gasteiger partial charge is 0.211 e. The molecule has 4 rings (SSSR count). The van der Waals surface area contributed by atoms with E-state index in [0.29, 0.717) is 30.4 Å². The molecule has 1 saturated heterocycles. The molecule has 0 bridgehead atoms. The lowest BCUT2D eigenvalue weighted by Crippen LogP contribution is -2.36. The molecule has 128 valence electrons. The Morgan fingerprint density at radius 2 is 2.17 bits per heavy atom. The number of thiazole rings is 1. The molecular formula is C15H15ClFN3O2S2. The van der Waals surface area contributed by atoms with Crippen LogP contribution in [-0.2, 0) is 15.4 Å². The van der Waals surface area contributed by atoms with Crippen LogP contribution in [-0.4, -0.2) is 43.6 Å². The fourth-order valence-corrected chi connectivity index (χ4v) is 5.47. The number of nitrogens with zero attached hydrogens (tertiary/aromatic N) is 3. The summed E-state index contributed by atoms with van der Waals surface area (Å²) in [6.07, 6.45) is 3.46. The van der Waals surface area contributed by atoms with Gasteiger partial charge in [-0.25, -0.2) is 22.1 Å². The van der Waals surface area contributed by atoms with Crippen LogP contribution in [0.4, 0.5) is 15.2 Å². The second-order valence-corrected chi connectivity index (χ2v) is 9.94. The second kappa shape index (κ2) is 5.39. The molecule has 0 aliphatic carbocycles. The number of hydrogen-bond donors (Lipinski definition) is 0. The van der Waals surface area contributed by atoms with Crippen LogP contribution in [0.5, 0.6) is 0 Å². The molecule has 1 aromatic heterocycles. The van der Waals surface area contributed by atoms with Crippen LogP contribution in [0, 0.1) is 5.82 Å². The normalized spacial score (nSPS) is 24.0. The van der Waals surface area contributed by atoms with Gasteiger partial charge in [-0.1, -0.05) is 22.9 Å². The summed E-state index contributed by atoms with van der Waals surface area (Å²) in [5.74, 6) is -0.315. The lowest BCUT2D eigenvalue weighted by atomic mass is 9.82. The van der Waals surface area contributed by atoms with Gasteiger partial charge in [-0.2, -0.15) is 0 Å². The quantitative estimate of drug-likeness (QED) is 0.794. The van der Waals surface area contributed by atoms with Gasteiger partial charge in [0, 0.05) is 30.7 Å². The van der Waals surface area contributed by atoms with Crippen molar-refractivity contribution in [1.82, 2.24) is 9.29 Å². The molecular weight excluding hydrogens is 373 g/mol. The number of anilines is 2. The van der Waals surface area contributed by atoms with Crippen molar-refractivity contribution in [2.45, 2.75) is 11.8 Å². The summed E-state index contributed by atoms with van der Waals surface area (Å²) in [5.41, 5.74) is 1.30. The highest BCUT2D eigenvalue weighted by molar-refractivity contribution is 7.88. The molecule has 0 N–H and O–H groups in total. The van der Waals surface area contributed by atoms with Crippen molar-refractivity contribution < 1.29 is 12.8 Å². The van der Waals surface area contributed by atoms with Crippen LogP contribution in [0.1, 0.15) is 12.0 Å². The van der Waals surface area contributed by atoms with Crippen LogP contribution >= 0.6 is 22.9 Å². The summed E-state index contributed by atoms with van der Waals surface area (Å²) < 4.78 is 39.8. The van der Waals surface area contributed by atoms with Gasteiger partial charge in [0.1, 0.15) is 10.2 Å². The Bertz CT molecular complexity index is 917. The van der Waals surface area contributed by atoms with Crippen molar-refractivity contribution in [2.24, 2.45) is 0 Å². The van der Waals surface area contributed by atoms with E-state index in [0.717, 1.165) is 16.4 Å². The highest BCUT2D eigenvalue weighted by Gasteiger charge is 2.50. The molecule has 1 aromatic carbocycles. The number of rotatable bonds is 2. The average molecular weight is 388 g/mol. The number of hydrogen-bond acceptors (Lipinski definition) is 5. The molecule has 5 nitrogen and oxygen atoms in total. The Hall–Kier alpha value is -1.22. The monoisotopic (exact) mass is 387 g/mol. The third kappa shape index (κ3) is 2.52. The highest BCUT2D eigenvalue weighted by Crippen LogP contribution is 2.50. The SMILES string of the molecule is CS(=O)(=O)N1CCC2(CN(c3ncc(Cl)s3)c3ccc(F)cc32)C1. The number of fused-ring (bicyclic) bond motifs is 2. The first-order chi connectivity index (χ1) is 11.3. The van der Waals surface area contributed by atoms with Crippen LogP contribution in [0.2, 0.25) is 4.34 Å². The van der Waals surface area contributed by atoms with Gasteiger partial charge in [-0.15, -0.1) is 0 Å². The van der Waals surface area contributed by atoms with E-state index < -0.39 is 15.4 Å². The molecule has 1 atom stereocenters. The minimum atomic E-state index is -3.27. The van der Waals surface area contributed by atoms with Crippen LogP contribution in [0.15, 0.2) is 24.4 Å². The summed E-state index contributed by atoms with van der Waals surface area (Å²) in [6, 6.07) is 4.68. The van der Waals surface area contributed by atoms with E-state index in [1.807, 2.05) is 4.90 Å². The van der Waals surface area contributed by atoms with E-state index in [1.54, 1.807) is 12.3 Å². The fraction of sp³-hybridized carbons (Fsp3) is 0.400. The van der Waals surface area contributed by atoms with Crippen molar-refractivity contribution in [3.63, 3.8) is 0 Å². The highest BCUT2D eigenvalue weighted by atomic mass is 35.5. The number of halogens is 2. The zero-order valence-corrected chi connectivity index (χ0v) is 15.3. The first-order valence-corrected chi connectivity index (χ1v) is 10.5. The topological polar surface area (TPSA) is 53.5 Å². The van der Waals surface area contributed by atoms with Crippen molar-refractivity contribution >= 4 is 43.8 Å². The van der Waals surface area contributed by atoms with E-state index >= 15 is 0 Å². The third-order valence-electron chi connectivity index (χ3n) is 4.77. The molecule has 2 aliphatic rings. The molecule has 2 aromatic rings. The minimum Gasteiger partial charge on any atom is -0.317 e. The van der Waals surface area contributed by atoms with Crippen molar-refractivity contribution in [3.05, 3.63) is 40.1 Å². The molecule has 1 spiro atoms. The summed E-state index contributed by atoms with van der Waals surface area (Å²) in [4.78, 5) is 6.34. The van der Waals surface area contributed by atoms with Crippen molar-refractivity contribution in [3.8, 4) is 0 Å². The Balaban J connectivity index is 1.80. The molecule has 24 heavy (non-hydrogen) atoms. The summed E-state index contributed by atoms with van der Waals surface area (Å²) in [5, 5.41) is 0.738. The van der Waals surface area contributed by atoms with Gasteiger partial charge >= 0.3 is 0 Å². The molecule has 9 heteroatoms. The Kier molecular flexibility index (Phi) is 3.65. The molecule has 2 aliphatic heterocycles. The van der Waals surface area contributed by atoms with Gasteiger partial charge in [0.2, 0.25) is 10.0 Å². The lowest BCUT2D eigenvalue weighted by molar-refractivity contribution is 0.437. The number of sulfonamides is 1. The second-order valence-electron chi connectivity index (χ2n) is 6.32. The molecule has 1 fully saturated rings. The lowest BCUT2D eigenvalue weighted by Gasteiger charge is -2.25. The van der Waals surface area contributed by atoms with Crippen LogP contribution in [0.25, 0.3) is 0 Å². The van der Waals surface area contributed by atoms with E-state index in [2.05, 4.69) is 4.98 Å². The molecule has 1 unspecified atom stereocenters. The van der Waals surface area contributed by atoms with E-state index in [4.69, 9.17) is 11.6 Å². The van der Waals surface area contributed by atoms with E-state index in [-0.39, 0.29) is 5.82 Å². The van der Waals surface area contributed by atoms with Crippen LogP contribution in [0.3, 0.4) is 0 Å². The largest absolute Gasteiger partial charge is 0.317 e. The Morgan fingerprint density at radius 3 is 2.79 bits per heavy atom. The molecule has 3 heterocycles. The molecule has 0 amide bonds. The van der Waals surface area contributed by atoms with Gasteiger partial charge in [-0.05, 0) is 30.2 Å². The van der Waals surface area contributed by atoms with Crippen molar-refractivity contribution in [1.29, 1.82) is 0 Å². The first-order valence-electron chi connectivity index (χ1n) is 7.43. The first kappa shape index (κ1) is 16.3. The zero-order chi connectivity index (χ0) is 17.1. The van der Waals surface area contributed by atoms with Gasteiger partial charge in [0.15, 0.2) is 5.13 Å². The number of benzene rings is 1. The van der Waals surface area contributed by atoms with Crippen LogP contribution < -0.4 is 4.90 Å². The standard InChI is InChI=1S/C15H15ClFN3O2S2/c1-24(21,22)19-5-4-15(8-19)9-20(14-18-7-13(16)23-14)12-3-2-10(17)6-11(12)15/h2-3,6-7H,4-5,8-9H2,1H3. The fourth-order valence-electron chi connectivity index (χ4n) is 3.65. The maximum absolute atomic E-state index is 13.9. The zero-order valence-electron chi connectivity index (χ0n) is 12.9. The average Bonchev–Trinajstić information content (AvgIpc) is 3.18. The summed E-state index contributed by atoms with van der Waals surface area (Å²) >= 11 is 7.36. The van der Waals surface area contributed by atoms with Gasteiger partial charge in [0.05, 0.1) is 12.5 Å². The van der Waals surface area contributed by atoms with Gasteiger partial charge in [0.25, 0.3) is 0 Å². The van der Waals surface area contributed by atoms with Gasteiger partial charge in [-0.3, -0.25) is 0 Å². The maximum Gasteiger partial charge on any atom is 0.211 e. The Morgan fingerprint density at radius 1 is 1.38 bits per heavy atom. The maximum atomic E-state index is 13.9. The molecule has 0 saturated carbocycles. The predicted octanol–water partition coefficient (Wildman–Crippen LogP) is 2.99. The van der Waals surface area contributed by atoms with E-state index in [1.165, 1.54) is 34.0 Å². The Labute approximate surface area is 148 Å². The van der Waals surface area contributed by atoms with Crippen molar-refractivity contribution in [2.75, 3.05) is 30.8 Å². The minimum absolute atomic E-state index is 0.315. The number of aromatic nitrogens is 1. The third-order valence-corrected chi connectivity index (χ3v) is 7.15. The summed E-state index contributed by atoms with van der Waals surface area (Å²) in [6.45, 7) is 1.38. The predicted molar refractivity (Wildman–Crippen MR) is 93.2 cm³/mol.